The lowest BCUT2D eigenvalue weighted by molar-refractivity contribution is -0.879. The molecule has 0 aromatic heterocycles. The third-order valence-electron chi connectivity index (χ3n) is 2.21. The van der Waals surface area contributed by atoms with Gasteiger partial charge in [-0.15, -0.1) is 0 Å². The van der Waals surface area contributed by atoms with Gasteiger partial charge < -0.3 is 8.97 Å². The van der Waals surface area contributed by atoms with Gasteiger partial charge in [-0.25, -0.2) is 0 Å². The summed E-state index contributed by atoms with van der Waals surface area (Å²) in [6.45, 7) is 3.53. The molecule has 0 aliphatic carbocycles. The van der Waals surface area contributed by atoms with Crippen molar-refractivity contribution in [3.63, 3.8) is 0 Å². The van der Waals surface area contributed by atoms with Crippen molar-refractivity contribution in [3.05, 3.63) is 0 Å². The van der Waals surface area contributed by atoms with Crippen LogP contribution in [0, 0.1) is 0 Å². The van der Waals surface area contributed by atoms with Crippen LogP contribution in [0.25, 0.3) is 0 Å². The van der Waals surface area contributed by atoms with E-state index in [1.54, 1.807) is 6.92 Å². The number of thioether (sulfide) groups is 1. The Kier molecular flexibility index (Phi) is 6.37. The lowest BCUT2D eigenvalue weighted by Gasteiger charge is -2.28. The maximum atomic E-state index is 11.6. The highest BCUT2D eigenvalue weighted by Crippen LogP contribution is 2.08. The van der Waals surface area contributed by atoms with Gasteiger partial charge in [0, 0.05) is 6.92 Å². The first-order chi connectivity index (χ1) is 7.52. The van der Waals surface area contributed by atoms with E-state index < -0.39 is 0 Å². The van der Waals surface area contributed by atoms with Crippen molar-refractivity contribution >= 4 is 22.7 Å². The molecule has 0 bridgehead atoms. The molecular weight excluding hydrogens is 236 g/mol. The third-order valence-corrected chi connectivity index (χ3v) is 3.05. The second-order valence-electron chi connectivity index (χ2n) is 6.19. The van der Waals surface area contributed by atoms with Crippen LogP contribution in [0.15, 0.2) is 0 Å². The van der Waals surface area contributed by atoms with Gasteiger partial charge in [-0.05, 0) is 0 Å². The zero-order valence-electron chi connectivity index (χ0n) is 11.9. The number of likely N-dealkylation sites (N-methyl/N-ethyl adjacent to an activating group) is 2. The number of quaternary nitrogens is 2. The zero-order valence-corrected chi connectivity index (χ0v) is 12.8. The van der Waals surface area contributed by atoms with Crippen LogP contribution in [-0.2, 0) is 9.59 Å². The Morgan fingerprint density at radius 1 is 1.00 bits per heavy atom. The predicted molar refractivity (Wildman–Crippen MR) is 72.9 cm³/mol. The van der Waals surface area contributed by atoms with E-state index in [1.165, 1.54) is 11.8 Å². The largest absolute Gasteiger partial charge is 0.324 e. The minimum Gasteiger partial charge on any atom is -0.324 e. The average molecular weight is 262 g/mol. The lowest BCUT2D eigenvalue weighted by atomic mass is 10.3. The fraction of sp³-hybridized carbons (Fsp3) is 0.833. The number of Topliss-reactive ketones (excluding diaryl/α,β-unsaturated/α-hetero) is 1. The van der Waals surface area contributed by atoms with E-state index in [-0.39, 0.29) is 10.9 Å². The Morgan fingerprint density at radius 3 is 1.94 bits per heavy atom. The molecule has 0 fully saturated rings. The molecule has 0 aliphatic rings. The number of carbonyl (C=O) groups excluding carboxylic acids is 2. The van der Waals surface area contributed by atoms with E-state index in [1.807, 2.05) is 35.2 Å². The van der Waals surface area contributed by atoms with Crippen molar-refractivity contribution in [2.45, 2.75) is 6.92 Å². The van der Waals surface area contributed by atoms with Crippen LogP contribution in [0.5, 0.6) is 0 Å². The molecule has 0 unspecified atom stereocenters. The molecule has 0 aliphatic heterocycles. The molecule has 4 nitrogen and oxygen atoms in total. The highest BCUT2D eigenvalue weighted by Gasteiger charge is 2.19. The van der Waals surface area contributed by atoms with E-state index in [4.69, 9.17) is 0 Å². The van der Waals surface area contributed by atoms with E-state index in [2.05, 4.69) is 0 Å². The molecule has 0 saturated heterocycles. The monoisotopic (exact) mass is 262 g/mol. The molecule has 0 amide bonds. The summed E-state index contributed by atoms with van der Waals surface area (Å²) in [4.78, 5) is 22.7. The van der Waals surface area contributed by atoms with Gasteiger partial charge in [0.25, 0.3) is 0 Å². The second kappa shape index (κ2) is 6.52. The van der Waals surface area contributed by atoms with Crippen LogP contribution in [0.3, 0.4) is 0 Å². The van der Waals surface area contributed by atoms with E-state index in [9.17, 15) is 9.59 Å². The number of rotatable bonds is 7. The normalized spacial score (nSPS) is 12.6. The predicted octanol–water partition coefficient (Wildman–Crippen LogP) is 0.618. The van der Waals surface area contributed by atoms with Gasteiger partial charge in [0.05, 0.1) is 47.5 Å². The summed E-state index contributed by atoms with van der Waals surface area (Å²) < 4.78 is 1.32. The number of ketones is 1. The molecule has 0 saturated carbocycles. The van der Waals surface area contributed by atoms with Crippen LogP contribution < -0.4 is 0 Å². The molecule has 0 N–H and O–H groups in total. The molecule has 0 spiro atoms. The van der Waals surface area contributed by atoms with Gasteiger partial charge in [0.2, 0.25) is 5.12 Å². The van der Waals surface area contributed by atoms with Crippen molar-refractivity contribution in [3.8, 4) is 0 Å². The summed E-state index contributed by atoms with van der Waals surface area (Å²) >= 11 is 1.38. The maximum Gasteiger partial charge on any atom is 0.243 e. The van der Waals surface area contributed by atoms with Crippen LogP contribution in [0.2, 0.25) is 0 Å². The summed E-state index contributed by atoms with van der Waals surface area (Å²) in [7, 11) is 10.1. The fourth-order valence-electron chi connectivity index (χ4n) is 1.52. The number of hydrogen-bond acceptors (Lipinski definition) is 3. The molecule has 100 valence electrons. The molecule has 0 radical (unpaired) electrons. The van der Waals surface area contributed by atoms with Gasteiger partial charge >= 0.3 is 0 Å². The first-order valence-electron chi connectivity index (χ1n) is 5.79. The second-order valence-corrected chi connectivity index (χ2v) is 7.34. The Morgan fingerprint density at radius 2 is 1.53 bits per heavy atom. The summed E-state index contributed by atoms with van der Waals surface area (Å²) in [6.07, 6.45) is 0. The minimum absolute atomic E-state index is 0.192. The Balaban J connectivity index is 3.91. The van der Waals surface area contributed by atoms with Crippen molar-refractivity contribution < 1.29 is 18.6 Å². The van der Waals surface area contributed by atoms with Crippen molar-refractivity contribution in [1.29, 1.82) is 0 Å². The summed E-state index contributed by atoms with van der Waals surface area (Å²) in [5.41, 5.74) is 0. The number of nitrogens with zero attached hydrogens (tertiary/aromatic N) is 2. The smallest absolute Gasteiger partial charge is 0.243 e. The van der Waals surface area contributed by atoms with Crippen LogP contribution in [0.1, 0.15) is 6.92 Å². The van der Waals surface area contributed by atoms with E-state index in [0.717, 1.165) is 12.3 Å². The van der Waals surface area contributed by atoms with Crippen molar-refractivity contribution in [1.82, 2.24) is 0 Å². The molecule has 5 heteroatoms. The van der Waals surface area contributed by atoms with Gasteiger partial charge in [-0.2, -0.15) is 0 Å². The SMILES string of the molecule is CC(=O)C[N+](C)(C)CCSC(=O)C[N+](C)(C)C. The molecule has 0 heterocycles. The Bertz CT molecular complexity index is 283. The summed E-state index contributed by atoms with van der Waals surface area (Å²) in [6, 6.07) is 0. The number of carbonyl (C=O) groups is 2. The average Bonchev–Trinajstić information content (AvgIpc) is 1.95. The summed E-state index contributed by atoms with van der Waals surface area (Å²) in [5, 5.41) is 0.223. The topological polar surface area (TPSA) is 34.1 Å². The first-order valence-corrected chi connectivity index (χ1v) is 6.78. The van der Waals surface area contributed by atoms with Crippen LogP contribution in [-0.4, -0.2) is 80.5 Å². The molecule has 0 aromatic carbocycles. The third kappa shape index (κ3) is 10.5. The highest BCUT2D eigenvalue weighted by atomic mass is 32.2. The standard InChI is InChI=1S/C12H26N2O2S/c1-11(15)9-14(5,6)7-8-17-12(16)10-13(2,3)4/h7-10H2,1-6H3/q+2. The summed E-state index contributed by atoms with van der Waals surface area (Å²) in [5.74, 6) is 0.969. The van der Waals surface area contributed by atoms with Crippen LogP contribution >= 0.6 is 11.8 Å². The van der Waals surface area contributed by atoms with Gasteiger partial charge in [-0.1, -0.05) is 11.8 Å². The van der Waals surface area contributed by atoms with Crippen LogP contribution in [0.4, 0.5) is 0 Å². The first kappa shape index (κ1) is 16.6. The van der Waals surface area contributed by atoms with Crippen molar-refractivity contribution in [2.75, 3.05) is 60.6 Å². The minimum atomic E-state index is 0.192. The zero-order chi connectivity index (χ0) is 13.7. The Hall–Kier alpha value is -0.390. The quantitative estimate of drug-likeness (QED) is 0.631. The molecular formula is C12H26N2O2S+2. The van der Waals surface area contributed by atoms with Gasteiger partial charge in [0.15, 0.2) is 5.78 Å². The van der Waals surface area contributed by atoms with Crippen molar-refractivity contribution in [2.24, 2.45) is 0 Å². The van der Waals surface area contributed by atoms with E-state index >= 15 is 0 Å². The van der Waals surface area contributed by atoms with Gasteiger partial charge in [-0.3, -0.25) is 9.59 Å². The fourth-order valence-corrected chi connectivity index (χ4v) is 2.81. The number of hydrogen-bond donors (Lipinski definition) is 0. The maximum absolute atomic E-state index is 11.6. The lowest BCUT2D eigenvalue weighted by Crippen LogP contribution is -2.45. The molecule has 0 atom stereocenters. The van der Waals surface area contributed by atoms with Gasteiger partial charge in [0.1, 0.15) is 13.1 Å². The molecule has 17 heavy (non-hydrogen) atoms. The molecule has 0 aromatic rings. The molecule has 0 rings (SSSR count). The Labute approximate surface area is 109 Å². The highest BCUT2D eigenvalue weighted by molar-refractivity contribution is 8.13. The van der Waals surface area contributed by atoms with E-state index in [0.29, 0.717) is 22.1 Å².